The summed E-state index contributed by atoms with van der Waals surface area (Å²) in [6.07, 6.45) is 1.59. The number of rotatable bonds is 5. The average Bonchev–Trinajstić information content (AvgIpc) is 2.83. The number of para-hydroxylation sites is 1. The molecule has 0 radical (unpaired) electrons. The molecule has 0 spiro atoms. The highest BCUT2D eigenvalue weighted by molar-refractivity contribution is 7.89. The lowest BCUT2D eigenvalue weighted by Crippen LogP contribution is -2.40. The number of nitrogens with one attached hydrogen (secondary N) is 1. The summed E-state index contributed by atoms with van der Waals surface area (Å²) in [6, 6.07) is 3.82. The van der Waals surface area contributed by atoms with Gasteiger partial charge in [0.25, 0.3) is 0 Å². The molecule has 8 nitrogen and oxygen atoms in total. The fourth-order valence-corrected chi connectivity index (χ4v) is 3.61. The maximum Gasteiger partial charge on any atom is 0.312 e. The second kappa shape index (κ2) is 5.58. The van der Waals surface area contributed by atoms with Gasteiger partial charge in [-0.2, -0.15) is 0 Å². The number of nitro benzene ring substituents is 1. The molecule has 1 aromatic rings. The standard InChI is InChI=1S/C12H17N3O5S/c1-12(6-3-7-20-12)8-14-21(18,19)10-5-2-4-9(13)11(10)15(16)17/h2,4-5,14H,3,6-8,13H2,1H3. The maximum atomic E-state index is 12.3. The number of benzene rings is 1. The normalized spacial score (nSPS) is 22.3. The fourth-order valence-electron chi connectivity index (χ4n) is 2.25. The Morgan fingerprint density at radius 1 is 1.52 bits per heavy atom. The summed E-state index contributed by atoms with van der Waals surface area (Å²) in [4.78, 5) is 9.79. The van der Waals surface area contributed by atoms with Gasteiger partial charge in [-0.3, -0.25) is 10.1 Å². The van der Waals surface area contributed by atoms with Crippen molar-refractivity contribution in [3.63, 3.8) is 0 Å². The molecular formula is C12H17N3O5S. The number of nitrogen functional groups attached to an aromatic ring is 1. The van der Waals surface area contributed by atoms with Gasteiger partial charge in [-0.1, -0.05) is 6.07 Å². The molecular weight excluding hydrogens is 298 g/mol. The van der Waals surface area contributed by atoms with Crippen LogP contribution >= 0.6 is 0 Å². The zero-order chi connectivity index (χ0) is 15.7. The highest BCUT2D eigenvalue weighted by Gasteiger charge is 2.34. The van der Waals surface area contributed by atoms with Crippen LogP contribution in [-0.2, 0) is 14.8 Å². The van der Waals surface area contributed by atoms with Gasteiger partial charge in [0, 0.05) is 13.2 Å². The summed E-state index contributed by atoms with van der Waals surface area (Å²) in [5.41, 5.74) is 4.13. The third-order valence-electron chi connectivity index (χ3n) is 3.44. The fraction of sp³-hybridized carbons (Fsp3) is 0.500. The third kappa shape index (κ3) is 3.31. The molecule has 0 bridgehead atoms. The summed E-state index contributed by atoms with van der Waals surface area (Å²) in [7, 11) is -4.04. The van der Waals surface area contributed by atoms with E-state index in [-0.39, 0.29) is 12.2 Å². The molecule has 1 saturated heterocycles. The molecule has 116 valence electrons. The summed E-state index contributed by atoms with van der Waals surface area (Å²) >= 11 is 0. The van der Waals surface area contributed by atoms with Crippen LogP contribution in [0.25, 0.3) is 0 Å². The van der Waals surface area contributed by atoms with E-state index in [2.05, 4.69) is 4.72 Å². The first kappa shape index (κ1) is 15.7. The first-order chi connectivity index (χ1) is 9.75. The zero-order valence-electron chi connectivity index (χ0n) is 11.5. The minimum Gasteiger partial charge on any atom is -0.393 e. The Labute approximate surface area is 122 Å². The summed E-state index contributed by atoms with van der Waals surface area (Å²) in [5.74, 6) is 0. The van der Waals surface area contributed by atoms with Crippen molar-refractivity contribution in [2.45, 2.75) is 30.3 Å². The van der Waals surface area contributed by atoms with E-state index in [1.807, 2.05) is 0 Å². The lowest BCUT2D eigenvalue weighted by atomic mass is 10.0. The largest absolute Gasteiger partial charge is 0.393 e. The van der Waals surface area contributed by atoms with Gasteiger partial charge in [-0.25, -0.2) is 13.1 Å². The van der Waals surface area contributed by atoms with Crippen molar-refractivity contribution in [1.82, 2.24) is 4.72 Å². The number of nitrogens with two attached hydrogens (primary N) is 1. The molecule has 3 N–H and O–H groups in total. The molecule has 1 heterocycles. The van der Waals surface area contributed by atoms with Gasteiger partial charge in [0.2, 0.25) is 10.0 Å². The molecule has 0 saturated carbocycles. The van der Waals surface area contributed by atoms with Crippen LogP contribution in [0.15, 0.2) is 23.1 Å². The smallest absolute Gasteiger partial charge is 0.312 e. The topological polar surface area (TPSA) is 125 Å². The molecule has 1 aliphatic rings. The number of nitro groups is 1. The van der Waals surface area contributed by atoms with Gasteiger partial charge in [0.1, 0.15) is 5.69 Å². The van der Waals surface area contributed by atoms with Crippen LogP contribution in [0.5, 0.6) is 0 Å². The van der Waals surface area contributed by atoms with Crippen molar-refractivity contribution in [1.29, 1.82) is 0 Å². The number of ether oxygens (including phenoxy) is 1. The molecule has 1 aliphatic heterocycles. The SMILES string of the molecule is CC1(CNS(=O)(=O)c2cccc(N)c2[N+](=O)[O-])CCCO1. The van der Waals surface area contributed by atoms with E-state index < -0.39 is 31.1 Å². The summed E-state index contributed by atoms with van der Waals surface area (Å²) in [5, 5.41) is 11.0. The van der Waals surface area contributed by atoms with Crippen molar-refractivity contribution in [2.24, 2.45) is 0 Å². The summed E-state index contributed by atoms with van der Waals surface area (Å²) < 4.78 is 32.4. The zero-order valence-corrected chi connectivity index (χ0v) is 12.4. The van der Waals surface area contributed by atoms with Gasteiger partial charge in [-0.05, 0) is 31.9 Å². The average molecular weight is 315 g/mol. The van der Waals surface area contributed by atoms with Crippen molar-refractivity contribution in [2.75, 3.05) is 18.9 Å². The Morgan fingerprint density at radius 3 is 2.81 bits per heavy atom. The molecule has 1 fully saturated rings. The second-order valence-corrected chi connectivity index (χ2v) is 6.91. The highest BCUT2D eigenvalue weighted by Crippen LogP contribution is 2.30. The Bertz CT molecular complexity index is 653. The van der Waals surface area contributed by atoms with E-state index >= 15 is 0 Å². The van der Waals surface area contributed by atoms with Crippen LogP contribution < -0.4 is 10.5 Å². The van der Waals surface area contributed by atoms with E-state index in [0.29, 0.717) is 6.61 Å². The number of sulfonamides is 1. The minimum absolute atomic E-state index is 0.0568. The van der Waals surface area contributed by atoms with E-state index in [1.165, 1.54) is 12.1 Å². The third-order valence-corrected chi connectivity index (χ3v) is 4.87. The van der Waals surface area contributed by atoms with Crippen LogP contribution in [-0.4, -0.2) is 32.1 Å². The van der Waals surface area contributed by atoms with Crippen LogP contribution in [0.1, 0.15) is 19.8 Å². The van der Waals surface area contributed by atoms with E-state index in [1.54, 1.807) is 6.92 Å². The number of hydrogen-bond donors (Lipinski definition) is 2. The van der Waals surface area contributed by atoms with Gasteiger partial charge < -0.3 is 10.5 Å². The molecule has 0 aliphatic carbocycles. The van der Waals surface area contributed by atoms with Crippen LogP contribution in [0.2, 0.25) is 0 Å². The van der Waals surface area contributed by atoms with Crippen molar-refractivity contribution in [3.05, 3.63) is 28.3 Å². The lowest BCUT2D eigenvalue weighted by Gasteiger charge is -2.23. The first-order valence-electron chi connectivity index (χ1n) is 6.42. The second-order valence-electron chi connectivity index (χ2n) is 5.18. The molecule has 1 aromatic carbocycles. The van der Waals surface area contributed by atoms with Crippen LogP contribution in [0, 0.1) is 10.1 Å². The quantitative estimate of drug-likeness (QED) is 0.475. The summed E-state index contributed by atoms with van der Waals surface area (Å²) in [6.45, 7) is 2.44. The molecule has 0 aromatic heterocycles. The van der Waals surface area contributed by atoms with Gasteiger partial charge >= 0.3 is 5.69 Å². The van der Waals surface area contributed by atoms with Crippen molar-refractivity contribution < 1.29 is 18.1 Å². The number of hydrogen-bond acceptors (Lipinski definition) is 6. The van der Waals surface area contributed by atoms with Crippen LogP contribution in [0.3, 0.4) is 0 Å². The van der Waals surface area contributed by atoms with Crippen molar-refractivity contribution in [3.8, 4) is 0 Å². The Balaban J connectivity index is 2.28. The predicted molar refractivity (Wildman–Crippen MR) is 76.3 cm³/mol. The van der Waals surface area contributed by atoms with Crippen molar-refractivity contribution >= 4 is 21.4 Å². The molecule has 1 unspecified atom stereocenters. The Hall–Kier alpha value is -1.71. The maximum absolute atomic E-state index is 12.3. The number of nitrogens with zero attached hydrogens (tertiary/aromatic N) is 1. The molecule has 21 heavy (non-hydrogen) atoms. The molecule has 0 amide bonds. The van der Waals surface area contributed by atoms with E-state index in [9.17, 15) is 18.5 Å². The molecule has 9 heteroatoms. The number of anilines is 1. The lowest BCUT2D eigenvalue weighted by molar-refractivity contribution is -0.386. The predicted octanol–water partition coefficient (Wildman–Crippen LogP) is 1.02. The van der Waals surface area contributed by atoms with Gasteiger partial charge in [0.15, 0.2) is 4.90 Å². The minimum atomic E-state index is -4.04. The van der Waals surface area contributed by atoms with Crippen LogP contribution in [0.4, 0.5) is 11.4 Å². The molecule has 2 rings (SSSR count). The Kier molecular flexibility index (Phi) is 4.17. The highest BCUT2D eigenvalue weighted by atomic mass is 32.2. The Morgan fingerprint density at radius 2 is 2.24 bits per heavy atom. The molecule has 1 atom stereocenters. The van der Waals surface area contributed by atoms with Gasteiger partial charge in [0.05, 0.1) is 10.5 Å². The van der Waals surface area contributed by atoms with Gasteiger partial charge in [-0.15, -0.1) is 0 Å². The monoisotopic (exact) mass is 315 g/mol. The van der Waals surface area contributed by atoms with E-state index in [0.717, 1.165) is 18.9 Å². The van der Waals surface area contributed by atoms with E-state index in [4.69, 9.17) is 10.5 Å². The first-order valence-corrected chi connectivity index (χ1v) is 7.90.